The second-order valence-corrected chi connectivity index (χ2v) is 8.78. The molecule has 1 aromatic heterocycles. The summed E-state index contributed by atoms with van der Waals surface area (Å²) in [7, 11) is 0. The first-order chi connectivity index (χ1) is 15.3. The SMILES string of the molecule is CC(=O)OCC1=C(C(=O)O)N2C(=O)[C@@H](NC(=O)[C@@H](C)n3nc(C(F)(F)F)c(Cl)c3C)[C@H]2SC1. The number of hydrogen-bond donors (Lipinski definition) is 2. The lowest BCUT2D eigenvalue weighted by Crippen LogP contribution is -2.71. The molecule has 3 heterocycles. The average Bonchev–Trinajstić information content (AvgIpc) is 3.03. The van der Waals surface area contributed by atoms with E-state index in [0.717, 1.165) is 28.3 Å². The molecule has 2 aliphatic heterocycles. The van der Waals surface area contributed by atoms with Crippen LogP contribution >= 0.6 is 23.4 Å². The fourth-order valence-corrected chi connectivity index (χ4v) is 4.98. The molecule has 33 heavy (non-hydrogen) atoms. The number of fused-ring (bicyclic) bond motifs is 1. The van der Waals surface area contributed by atoms with Crippen LogP contribution in [0.4, 0.5) is 13.2 Å². The number of amides is 2. The zero-order valence-corrected chi connectivity index (χ0v) is 19.0. The van der Waals surface area contributed by atoms with E-state index < -0.39 is 58.1 Å². The Kier molecular flexibility index (Phi) is 6.71. The van der Waals surface area contributed by atoms with Crippen molar-refractivity contribution in [1.29, 1.82) is 0 Å². The highest BCUT2D eigenvalue weighted by Gasteiger charge is 2.54. The zero-order chi connectivity index (χ0) is 24.8. The Labute approximate surface area is 194 Å². The van der Waals surface area contributed by atoms with E-state index in [1.54, 1.807) is 0 Å². The van der Waals surface area contributed by atoms with Gasteiger partial charge in [0.1, 0.15) is 29.8 Å². The van der Waals surface area contributed by atoms with Crippen molar-refractivity contribution < 1.29 is 42.2 Å². The number of nitrogens with zero attached hydrogens (tertiary/aromatic N) is 3. The van der Waals surface area contributed by atoms with Gasteiger partial charge in [0, 0.05) is 18.2 Å². The molecule has 3 atom stereocenters. The number of carboxylic acid groups (broad SMARTS) is 1. The van der Waals surface area contributed by atoms with Crippen molar-refractivity contribution in [3.63, 3.8) is 0 Å². The molecule has 15 heteroatoms. The molecule has 0 bridgehead atoms. The Morgan fingerprint density at radius 1 is 1.39 bits per heavy atom. The van der Waals surface area contributed by atoms with Gasteiger partial charge in [-0.2, -0.15) is 18.3 Å². The first-order valence-corrected chi connectivity index (χ1v) is 10.8. The van der Waals surface area contributed by atoms with Crippen molar-refractivity contribution in [2.24, 2.45) is 0 Å². The predicted molar refractivity (Wildman–Crippen MR) is 108 cm³/mol. The number of alkyl halides is 3. The van der Waals surface area contributed by atoms with Gasteiger partial charge >= 0.3 is 18.1 Å². The number of β-lactam (4-membered cyclic amide) rings is 1. The van der Waals surface area contributed by atoms with Crippen molar-refractivity contribution in [3.8, 4) is 0 Å². The number of aliphatic carboxylic acids is 1. The summed E-state index contributed by atoms with van der Waals surface area (Å²) in [6.45, 7) is 3.43. The van der Waals surface area contributed by atoms with Crippen molar-refractivity contribution >= 4 is 47.1 Å². The van der Waals surface area contributed by atoms with Gasteiger partial charge in [-0.05, 0) is 13.8 Å². The topological polar surface area (TPSA) is 131 Å². The minimum Gasteiger partial charge on any atom is -0.477 e. The van der Waals surface area contributed by atoms with Crippen molar-refractivity contribution in [2.75, 3.05) is 12.4 Å². The van der Waals surface area contributed by atoms with E-state index in [9.17, 15) is 37.5 Å². The molecule has 1 aromatic rings. The maximum Gasteiger partial charge on any atom is 0.436 e. The Morgan fingerprint density at radius 2 is 2.03 bits per heavy atom. The van der Waals surface area contributed by atoms with Gasteiger partial charge in [0.05, 0.1) is 10.7 Å². The quantitative estimate of drug-likeness (QED) is 0.437. The smallest absolute Gasteiger partial charge is 0.436 e. The third kappa shape index (κ3) is 4.53. The molecule has 0 radical (unpaired) electrons. The summed E-state index contributed by atoms with van der Waals surface area (Å²) in [6.07, 6.45) is -4.81. The van der Waals surface area contributed by atoms with Gasteiger partial charge in [0.2, 0.25) is 5.91 Å². The Balaban J connectivity index is 1.76. The van der Waals surface area contributed by atoms with E-state index in [1.807, 2.05) is 0 Å². The Morgan fingerprint density at radius 3 is 2.55 bits per heavy atom. The molecule has 0 aliphatic carbocycles. The minimum atomic E-state index is -4.81. The van der Waals surface area contributed by atoms with Crippen LogP contribution in [-0.4, -0.2) is 67.3 Å². The first-order valence-electron chi connectivity index (χ1n) is 9.41. The lowest BCUT2D eigenvalue weighted by atomic mass is 10.0. The lowest BCUT2D eigenvalue weighted by Gasteiger charge is -2.49. The minimum absolute atomic E-state index is 0.0774. The third-order valence-electron chi connectivity index (χ3n) is 5.09. The molecule has 1 saturated heterocycles. The Hall–Kier alpha value is -2.74. The second-order valence-electron chi connectivity index (χ2n) is 7.30. The highest BCUT2D eigenvalue weighted by atomic mass is 35.5. The van der Waals surface area contributed by atoms with Crippen LogP contribution in [0, 0.1) is 6.92 Å². The number of esters is 1. The normalized spacial score (nSPS) is 21.3. The number of carbonyl (C=O) groups excluding carboxylic acids is 3. The van der Waals surface area contributed by atoms with Crippen LogP contribution < -0.4 is 5.32 Å². The van der Waals surface area contributed by atoms with E-state index >= 15 is 0 Å². The molecule has 2 N–H and O–H groups in total. The van der Waals surface area contributed by atoms with Crippen molar-refractivity contribution in [1.82, 2.24) is 20.0 Å². The summed E-state index contributed by atoms with van der Waals surface area (Å²) >= 11 is 6.87. The molecule has 3 rings (SSSR count). The van der Waals surface area contributed by atoms with Gasteiger partial charge in [-0.1, -0.05) is 11.6 Å². The monoisotopic (exact) mass is 510 g/mol. The predicted octanol–water partition coefficient (Wildman–Crippen LogP) is 1.73. The molecule has 1 fully saturated rings. The van der Waals surface area contributed by atoms with E-state index in [0.29, 0.717) is 0 Å². The fraction of sp³-hybridized carbons (Fsp3) is 0.500. The Bertz CT molecular complexity index is 1070. The molecule has 2 amide bonds. The summed E-state index contributed by atoms with van der Waals surface area (Å²) < 4.78 is 44.8. The number of carboxylic acids is 1. The molecule has 0 spiro atoms. The van der Waals surface area contributed by atoms with Crippen LogP contribution in [0.1, 0.15) is 31.3 Å². The number of nitrogens with one attached hydrogen (secondary N) is 1. The largest absolute Gasteiger partial charge is 0.477 e. The molecule has 2 aliphatic rings. The van der Waals surface area contributed by atoms with Gasteiger partial charge < -0.3 is 15.2 Å². The van der Waals surface area contributed by atoms with E-state index in [4.69, 9.17) is 16.3 Å². The zero-order valence-electron chi connectivity index (χ0n) is 17.4. The summed E-state index contributed by atoms with van der Waals surface area (Å²) in [5, 5.41) is 14.0. The second kappa shape index (κ2) is 8.89. The lowest BCUT2D eigenvalue weighted by molar-refractivity contribution is -0.151. The summed E-state index contributed by atoms with van der Waals surface area (Å²) in [5.74, 6) is -3.38. The van der Waals surface area contributed by atoms with Gasteiger partial charge in [0.15, 0.2) is 5.69 Å². The number of aromatic nitrogens is 2. The van der Waals surface area contributed by atoms with Crippen LogP contribution in [0.5, 0.6) is 0 Å². The molecular weight excluding hydrogens is 493 g/mol. The molecule has 10 nitrogen and oxygen atoms in total. The number of carbonyl (C=O) groups is 4. The van der Waals surface area contributed by atoms with Gasteiger partial charge in [-0.3, -0.25) is 24.0 Å². The summed E-state index contributed by atoms with van der Waals surface area (Å²) in [4.78, 5) is 49.1. The van der Waals surface area contributed by atoms with Crippen LogP contribution in [-0.2, 0) is 30.1 Å². The number of halogens is 4. The molecular formula is C18H18ClF3N4O6S. The standard InChI is InChI=1S/C18H18ClF3N4O6S/c1-6-10(19)13(18(20,21)22)24-26(6)7(2)14(28)23-11-15(29)25-12(17(30)31)9(4-32-8(3)27)5-33-16(11)25/h7,11,16H,4-5H2,1-3H3,(H,23,28)(H,30,31)/t7-,11-,16-/m1/s1. The third-order valence-corrected chi connectivity index (χ3v) is 6.88. The highest BCUT2D eigenvalue weighted by Crippen LogP contribution is 2.41. The van der Waals surface area contributed by atoms with Crippen molar-refractivity contribution in [2.45, 2.75) is 44.4 Å². The molecule has 0 unspecified atom stereocenters. The number of ether oxygens (including phenoxy) is 1. The molecule has 0 aromatic carbocycles. The fourth-order valence-electron chi connectivity index (χ4n) is 3.42. The van der Waals surface area contributed by atoms with E-state index in [-0.39, 0.29) is 29.3 Å². The van der Waals surface area contributed by atoms with Crippen LogP contribution in [0.25, 0.3) is 0 Å². The maximum absolute atomic E-state index is 13.1. The van der Waals surface area contributed by atoms with E-state index in [1.165, 1.54) is 13.8 Å². The summed E-state index contributed by atoms with van der Waals surface area (Å²) in [6, 6.07) is -2.33. The molecule has 0 saturated carbocycles. The van der Waals surface area contributed by atoms with Crippen LogP contribution in [0.15, 0.2) is 11.3 Å². The maximum atomic E-state index is 13.1. The van der Waals surface area contributed by atoms with Gasteiger partial charge in [0.25, 0.3) is 5.91 Å². The number of rotatable bonds is 6. The number of hydrogen-bond acceptors (Lipinski definition) is 7. The van der Waals surface area contributed by atoms with Crippen LogP contribution in [0.3, 0.4) is 0 Å². The average molecular weight is 511 g/mol. The van der Waals surface area contributed by atoms with Gasteiger partial charge in [-0.25, -0.2) is 4.79 Å². The molecule has 180 valence electrons. The first kappa shape index (κ1) is 24.9. The van der Waals surface area contributed by atoms with Crippen molar-refractivity contribution in [3.05, 3.63) is 27.7 Å². The van der Waals surface area contributed by atoms with E-state index in [2.05, 4.69) is 10.4 Å². The number of thioether (sulfide) groups is 1. The van der Waals surface area contributed by atoms with Crippen LogP contribution in [0.2, 0.25) is 5.02 Å². The summed E-state index contributed by atoms with van der Waals surface area (Å²) in [5.41, 5.74) is -1.50. The van der Waals surface area contributed by atoms with Gasteiger partial charge in [-0.15, -0.1) is 11.8 Å². The highest BCUT2D eigenvalue weighted by molar-refractivity contribution is 8.00.